The van der Waals surface area contributed by atoms with Crippen molar-refractivity contribution in [1.82, 2.24) is 0 Å². The van der Waals surface area contributed by atoms with Gasteiger partial charge in [-0.2, -0.15) is 0 Å². The molecule has 0 spiro atoms. The van der Waals surface area contributed by atoms with E-state index in [-0.39, 0.29) is 23.4 Å². The summed E-state index contributed by atoms with van der Waals surface area (Å²) in [5, 5.41) is 9.97. The van der Waals surface area contributed by atoms with Gasteiger partial charge in [-0.1, -0.05) is 56.6 Å². The van der Waals surface area contributed by atoms with E-state index in [9.17, 15) is 14.7 Å². The summed E-state index contributed by atoms with van der Waals surface area (Å²) in [7, 11) is 0. The van der Waals surface area contributed by atoms with Gasteiger partial charge < -0.3 is 9.90 Å². The summed E-state index contributed by atoms with van der Waals surface area (Å²) >= 11 is 0. The molecule has 3 heteroatoms. The third-order valence-corrected chi connectivity index (χ3v) is 4.42. The standard InChI is InChI=1S/C21H32O3/c1-3-4-7-12-19(23)14-15-20-18(13-16-21(20)24)11-9-6-5-8-10-17(2)22/h6,9,13-16,18-20,23H,3-5,7-8,10-12H2,1-2H3/b9-6-,15-14+/t18-,19-,20+/m0/s1. The highest BCUT2D eigenvalue weighted by Gasteiger charge is 2.26. The third-order valence-electron chi connectivity index (χ3n) is 4.42. The van der Waals surface area contributed by atoms with E-state index in [0.29, 0.717) is 6.42 Å². The summed E-state index contributed by atoms with van der Waals surface area (Å²) in [6.45, 7) is 3.76. The highest BCUT2D eigenvalue weighted by Crippen LogP contribution is 2.27. The Morgan fingerprint density at radius 1 is 1.29 bits per heavy atom. The summed E-state index contributed by atoms with van der Waals surface area (Å²) < 4.78 is 0. The average molecular weight is 332 g/mol. The van der Waals surface area contributed by atoms with Gasteiger partial charge in [0.15, 0.2) is 5.78 Å². The number of rotatable bonds is 12. The number of ketones is 2. The van der Waals surface area contributed by atoms with Crippen molar-refractivity contribution < 1.29 is 14.7 Å². The molecule has 0 saturated carbocycles. The molecule has 0 aromatic heterocycles. The van der Waals surface area contributed by atoms with E-state index in [2.05, 4.69) is 19.1 Å². The molecule has 0 heterocycles. The van der Waals surface area contributed by atoms with Crippen LogP contribution in [0.2, 0.25) is 0 Å². The zero-order valence-electron chi connectivity index (χ0n) is 15.1. The molecule has 0 unspecified atom stereocenters. The van der Waals surface area contributed by atoms with Gasteiger partial charge in [-0.05, 0) is 44.6 Å². The zero-order valence-corrected chi connectivity index (χ0v) is 15.1. The van der Waals surface area contributed by atoms with Crippen LogP contribution < -0.4 is 0 Å². The quantitative estimate of drug-likeness (QED) is 0.421. The molecule has 1 rings (SSSR count). The number of allylic oxidation sites excluding steroid dienone is 5. The minimum absolute atomic E-state index is 0.127. The number of hydrogen-bond donors (Lipinski definition) is 1. The van der Waals surface area contributed by atoms with Crippen molar-refractivity contribution in [3.63, 3.8) is 0 Å². The fourth-order valence-electron chi connectivity index (χ4n) is 2.91. The van der Waals surface area contributed by atoms with Crippen LogP contribution in [0.1, 0.15) is 65.2 Å². The second kappa shape index (κ2) is 12.0. The van der Waals surface area contributed by atoms with Gasteiger partial charge >= 0.3 is 0 Å². The van der Waals surface area contributed by atoms with Crippen molar-refractivity contribution in [2.24, 2.45) is 11.8 Å². The van der Waals surface area contributed by atoms with Crippen LogP contribution in [0, 0.1) is 11.8 Å². The molecule has 0 radical (unpaired) electrons. The Bertz CT molecular complexity index is 473. The third kappa shape index (κ3) is 8.39. The minimum Gasteiger partial charge on any atom is -0.389 e. The van der Waals surface area contributed by atoms with Gasteiger partial charge in [0.1, 0.15) is 5.78 Å². The van der Waals surface area contributed by atoms with Gasteiger partial charge in [-0.15, -0.1) is 0 Å². The smallest absolute Gasteiger partial charge is 0.162 e. The molecule has 0 aromatic carbocycles. The van der Waals surface area contributed by atoms with Gasteiger partial charge in [0.2, 0.25) is 0 Å². The highest BCUT2D eigenvalue weighted by atomic mass is 16.3. The van der Waals surface area contributed by atoms with Gasteiger partial charge in [-0.3, -0.25) is 4.79 Å². The fourth-order valence-corrected chi connectivity index (χ4v) is 2.91. The van der Waals surface area contributed by atoms with Crippen LogP contribution in [0.25, 0.3) is 0 Å². The maximum Gasteiger partial charge on any atom is 0.162 e. The highest BCUT2D eigenvalue weighted by molar-refractivity contribution is 5.95. The molecule has 3 nitrogen and oxygen atoms in total. The van der Waals surface area contributed by atoms with Gasteiger partial charge in [0.05, 0.1) is 6.10 Å². The van der Waals surface area contributed by atoms with Crippen LogP contribution in [0.4, 0.5) is 0 Å². The first-order valence-corrected chi connectivity index (χ1v) is 9.27. The van der Waals surface area contributed by atoms with Crippen molar-refractivity contribution in [3.05, 3.63) is 36.5 Å². The van der Waals surface area contributed by atoms with E-state index in [1.807, 2.05) is 12.2 Å². The molecule has 1 N–H and O–H groups in total. The van der Waals surface area contributed by atoms with Crippen LogP contribution >= 0.6 is 0 Å². The van der Waals surface area contributed by atoms with E-state index in [1.165, 1.54) is 0 Å². The summed E-state index contributed by atoms with van der Waals surface area (Å²) in [6.07, 6.45) is 18.4. The van der Waals surface area contributed by atoms with Crippen LogP contribution in [0.5, 0.6) is 0 Å². The summed E-state index contributed by atoms with van der Waals surface area (Å²) in [5.41, 5.74) is 0. The maximum absolute atomic E-state index is 12.0. The molecule has 0 aromatic rings. The number of carbonyl (C=O) groups is 2. The lowest BCUT2D eigenvalue weighted by Gasteiger charge is -2.13. The molecule has 24 heavy (non-hydrogen) atoms. The van der Waals surface area contributed by atoms with E-state index < -0.39 is 6.10 Å². The van der Waals surface area contributed by atoms with Gasteiger partial charge in [0.25, 0.3) is 0 Å². The molecule has 3 atom stereocenters. The maximum atomic E-state index is 12.0. The van der Waals surface area contributed by atoms with Crippen LogP contribution in [-0.2, 0) is 9.59 Å². The number of aliphatic hydroxyl groups excluding tert-OH is 1. The molecule has 134 valence electrons. The minimum atomic E-state index is -0.451. The van der Waals surface area contributed by atoms with Crippen molar-refractivity contribution in [2.45, 2.75) is 71.3 Å². The number of carbonyl (C=O) groups excluding carboxylic acids is 2. The predicted molar refractivity (Wildman–Crippen MR) is 98.7 cm³/mol. The zero-order chi connectivity index (χ0) is 17.8. The molecule has 0 bridgehead atoms. The Kier molecular flexibility index (Phi) is 10.3. The van der Waals surface area contributed by atoms with E-state index >= 15 is 0 Å². The van der Waals surface area contributed by atoms with Crippen molar-refractivity contribution in [2.75, 3.05) is 0 Å². The number of aliphatic hydroxyl groups is 1. The molecule has 0 saturated heterocycles. The second-order valence-electron chi connectivity index (χ2n) is 6.70. The molecule has 0 amide bonds. The van der Waals surface area contributed by atoms with Crippen molar-refractivity contribution in [1.29, 1.82) is 0 Å². The predicted octanol–water partition coefficient (Wildman–Crippen LogP) is 4.56. The first kappa shape index (κ1) is 20.6. The van der Waals surface area contributed by atoms with Crippen LogP contribution in [0.3, 0.4) is 0 Å². The fraction of sp³-hybridized carbons (Fsp3) is 0.619. The Morgan fingerprint density at radius 2 is 2.08 bits per heavy atom. The average Bonchev–Trinajstić information content (AvgIpc) is 2.89. The van der Waals surface area contributed by atoms with Crippen LogP contribution in [0.15, 0.2) is 36.5 Å². The summed E-state index contributed by atoms with van der Waals surface area (Å²) in [6, 6.07) is 0. The molecule has 1 aliphatic rings. The monoisotopic (exact) mass is 332 g/mol. The molecular weight excluding hydrogens is 300 g/mol. The number of Topliss-reactive ketones (excluding diaryl/α,β-unsaturated/α-hetero) is 1. The Hall–Kier alpha value is -1.48. The molecule has 1 aliphatic carbocycles. The molecular formula is C21H32O3. The molecule has 0 aliphatic heterocycles. The number of unbranched alkanes of at least 4 members (excludes halogenated alkanes) is 3. The topological polar surface area (TPSA) is 54.4 Å². The largest absolute Gasteiger partial charge is 0.389 e. The lowest BCUT2D eigenvalue weighted by molar-refractivity contribution is -0.117. The van der Waals surface area contributed by atoms with Crippen molar-refractivity contribution >= 4 is 11.6 Å². The first-order chi connectivity index (χ1) is 11.5. The van der Waals surface area contributed by atoms with E-state index in [1.54, 1.807) is 19.1 Å². The van der Waals surface area contributed by atoms with Crippen molar-refractivity contribution in [3.8, 4) is 0 Å². The van der Waals surface area contributed by atoms with E-state index in [4.69, 9.17) is 0 Å². The number of hydrogen-bond acceptors (Lipinski definition) is 3. The normalized spacial score (nSPS) is 22.0. The van der Waals surface area contributed by atoms with Gasteiger partial charge in [-0.25, -0.2) is 0 Å². The summed E-state index contributed by atoms with van der Waals surface area (Å²) in [5.74, 6) is 0.394. The SMILES string of the molecule is CCCCC[C@H](O)/C=C/[C@H]1C(=O)C=C[C@@H]1C/C=C\CCCC(C)=O. The van der Waals surface area contributed by atoms with Gasteiger partial charge in [0, 0.05) is 12.3 Å². The molecule has 0 fully saturated rings. The Labute approximate surface area is 146 Å². The van der Waals surface area contributed by atoms with E-state index in [0.717, 1.165) is 44.9 Å². The van der Waals surface area contributed by atoms with Crippen LogP contribution in [-0.4, -0.2) is 22.8 Å². The Morgan fingerprint density at radius 3 is 2.79 bits per heavy atom. The lowest BCUT2D eigenvalue weighted by Crippen LogP contribution is -2.14. The second-order valence-corrected chi connectivity index (χ2v) is 6.70. The Balaban J connectivity index is 2.38. The lowest BCUT2D eigenvalue weighted by atomic mass is 9.90. The summed E-state index contributed by atoms with van der Waals surface area (Å²) in [4.78, 5) is 22.9. The first-order valence-electron chi connectivity index (χ1n) is 9.27.